The number of methoxy groups -OCH3 is 1. The topological polar surface area (TPSA) is 137 Å². The first-order chi connectivity index (χ1) is 20.4. The van der Waals surface area contributed by atoms with Crippen LogP contribution in [0.4, 0.5) is 4.79 Å². The number of allylic oxidation sites excluding steroid dienone is 9. The third-order valence-electron chi connectivity index (χ3n) is 8.84. The van der Waals surface area contributed by atoms with Gasteiger partial charge in [-0.1, -0.05) is 80.2 Å². The number of amides is 2. The maximum atomic E-state index is 12.8. The molecule has 3 rings (SSSR count). The molecule has 1 heterocycles. The van der Waals surface area contributed by atoms with E-state index in [4.69, 9.17) is 19.9 Å². The van der Waals surface area contributed by atoms with Gasteiger partial charge in [0.15, 0.2) is 0 Å². The number of rotatable bonds is 6. The number of carbonyl (C=O) groups is 3. The molecule has 0 aromatic rings. The zero-order valence-electron chi connectivity index (χ0n) is 26.1. The van der Waals surface area contributed by atoms with Crippen molar-refractivity contribution in [3.8, 4) is 0 Å². The van der Waals surface area contributed by atoms with E-state index in [0.717, 1.165) is 12.0 Å². The molecule has 0 aromatic heterocycles. The van der Waals surface area contributed by atoms with E-state index in [-0.39, 0.29) is 47.7 Å². The summed E-state index contributed by atoms with van der Waals surface area (Å²) in [5.41, 5.74) is 6.45. The van der Waals surface area contributed by atoms with Crippen molar-refractivity contribution in [2.24, 2.45) is 41.2 Å². The van der Waals surface area contributed by atoms with E-state index in [2.05, 4.69) is 29.6 Å². The molecule has 0 spiro atoms. The van der Waals surface area contributed by atoms with Gasteiger partial charge in [0.05, 0.1) is 18.2 Å². The number of hydrogen-bond acceptors (Lipinski definition) is 7. The number of aliphatic hydroxyl groups excluding tert-OH is 1. The predicted molar refractivity (Wildman–Crippen MR) is 165 cm³/mol. The van der Waals surface area contributed by atoms with Gasteiger partial charge in [-0.05, 0) is 32.1 Å². The number of nitrogens with one attached hydrogen (secondary N) is 1. The Morgan fingerprint density at radius 3 is 2.44 bits per heavy atom. The highest BCUT2D eigenvalue weighted by Crippen LogP contribution is 2.46. The molecule has 4 N–H and O–H groups in total. The first-order valence-electron chi connectivity index (χ1n) is 15.1. The lowest BCUT2D eigenvalue weighted by Gasteiger charge is -2.46. The molecule has 236 valence electrons. The van der Waals surface area contributed by atoms with Crippen LogP contribution in [0, 0.1) is 35.5 Å². The Morgan fingerprint density at radius 2 is 1.77 bits per heavy atom. The van der Waals surface area contributed by atoms with Crippen molar-refractivity contribution < 1.29 is 33.7 Å². The van der Waals surface area contributed by atoms with Crippen LogP contribution in [0.1, 0.15) is 47.5 Å². The Kier molecular flexibility index (Phi) is 12.6. The second-order valence-electron chi connectivity index (χ2n) is 12.1. The summed E-state index contributed by atoms with van der Waals surface area (Å²) in [6.07, 6.45) is 20.0. The summed E-state index contributed by atoms with van der Waals surface area (Å²) in [6.45, 7) is 8.93. The van der Waals surface area contributed by atoms with Crippen LogP contribution in [0.5, 0.6) is 0 Å². The molecule has 43 heavy (non-hydrogen) atoms. The number of nitrogens with two attached hydrogens (primary N) is 1. The van der Waals surface area contributed by atoms with Gasteiger partial charge in [0, 0.05) is 50.2 Å². The summed E-state index contributed by atoms with van der Waals surface area (Å²) in [5, 5.41) is 13.7. The minimum atomic E-state index is -0.927. The minimum Gasteiger partial charge on any atom is -0.458 e. The van der Waals surface area contributed by atoms with E-state index >= 15 is 0 Å². The first-order valence-corrected chi connectivity index (χ1v) is 15.1. The highest BCUT2D eigenvalue weighted by atomic mass is 16.6. The van der Waals surface area contributed by atoms with Crippen molar-refractivity contribution in [2.45, 2.75) is 77.9 Å². The quantitative estimate of drug-likeness (QED) is 0.302. The second-order valence-corrected chi connectivity index (χ2v) is 12.1. The minimum absolute atomic E-state index is 0.0202. The van der Waals surface area contributed by atoms with Gasteiger partial charge in [0.25, 0.3) is 0 Å². The molecule has 1 fully saturated rings. The summed E-state index contributed by atoms with van der Waals surface area (Å²) in [7, 11) is 1.68. The van der Waals surface area contributed by atoms with Crippen LogP contribution in [-0.2, 0) is 23.8 Å². The molecule has 11 atom stereocenters. The van der Waals surface area contributed by atoms with E-state index in [1.807, 2.05) is 45.1 Å². The molecule has 0 unspecified atom stereocenters. The lowest BCUT2D eigenvalue weighted by atomic mass is 9.62. The fourth-order valence-electron chi connectivity index (χ4n) is 6.66. The molecule has 0 radical (unpaired) electrons. The molecule has 2 amide bonds. The molecule has 9 nitrogen and oxygen atoms in total. The van der Waals surface area contributed by atoms with Crippen molar-refractivity contribution in [3.05, 3.63) is 72.4 Å². The third-order valence-corrected chi connectivity index (χ3v) is 8.84. The zero-order chi connectivity index (χ0) is 31.7. The SMILES string of the molecule is CO[C@H]1C[C@@H]2[C@@H](C=C[C@@H]3/C=C(C)/C=C/[C@@H](C)[C@H]([C@H](C)[C@H](O)[C@@H](C)NC(C)=O)OC(=O)/C=C/C=C\C=C\[C@H]23)[C@@H](OC(N)=O)C1. The maximum Gasteiger partial charge on any atom is 0.404 e. The average molecular weight is 597 g/mol. The van der Waals surface area contributed by atoms with Crippen LogP contribution in [0.15, 0.2) is 72.4 Å². The molecule has 0 aromatic carbocycles. The van der Waals surface area contributed by atoms with Crippen LogP contribution >= 0.6 is 0 Å². The van der Waals surface area contributed by atoms with Gasteiger partial charge in [-0.2, -0.15) is 0 Å². The van der Waals surface area contributed by atoms with Gasteiger partial charge in [-0.3, -0.25) is 4.79 Å². The van der Waals surface area contributed by atoms with E-state index in [9.17, 15) is 19.5 Å². The van der Waals surface area contributed by atoms with Crippen molar-refractivity contribution in [2.75, 3.05) is 7.11 Å². The second kappa shape index (κ2) is 15.9. The zero-order valence-corrected chi connectivity index (χ0v) is 26.1. The normalized spacial score (nSPS) is 37.5. The van der Waals surface area contributed by atoms with E-state index in [1.165, 1.54) is 13.0 Å². The number of primary amides is 1. The Bertz CT molecular complexity index is 1170. The molecule has 1 saturated carbocycles. The summed E-state index contributed by atoms with van der Waals surface area (Å²) < 4.78 is 17.1. The fraction of sp³-hybridized carbons (Fsp3) is 0.559. The number of ether oxygens (including phenoxy) is 3. The molecule has 9 heteroatoms. The van der Waals surface area contributed by atoms with Crippen LogP contribution in [-0.4, -0.2) is 60.6 Å². The molecule has 0 bridgehead atoms. The number of carbonyl (C=O) groups excluding carboxylic acids is 3. The van der Waals surface area contributed by atoms with Gasteiger partial charge < -0.3 is 30.4 Å². The first kappa shape index (κ1) is 34.1. The Balaban J connectivity index is 1.96. The highest BCUT2D eigenvalue weighted by molar-refractivity contribution is 5.82. The van der Waals surface area contributed by atoms with Crippen molar-refractivity contribution in [3.63, 3.8) is 0 Å². The summed E-state index contributed by atoms with van der Waals surface area (Å²) in [6, 6.07) is -0.515. The third kappa shape index (κ3) is 9.53. The van der Waals surface area contributed by atoms with Crippen LogP contribution in [0.25, 0.3) is 0 Å². The monoisotopic (exact) mass is 596 g/mol. The predicted octanol–water partition coefficient (Wildman–Crippen LogP) is 4.55. The number of aliphatic hydroxyl groups is 1. The van der Waals surface area contributed by atoms with Gasteiger partial charge >= 0.3 is 12.1 Å². The lowest BCUT2D eigenvalue weighted by Crippen LogP contribution is -2.48. The fourth-order valence-corrected chi connectivity index (χ4v) is 6.66. The molecule has 3 aliphatic rings. The standard InChI is InChI=1S/C34H48N2O7/c1-20-13-14-21(2)33(22(3)32(39)23(4)36-24(5)37)43-31(38)12-10-8-7-9-11-27-25(17-20)15-16-28-29(27)18-26(41-6)19-30(28)42-34(35)40/h7-17,21-23,25-30,32-33,39H,18-19H2,1-6H3,(H2,35,40)(H,36,37)/b8-7-,11-9+,12-10+,14-13+,20-17+/t21-,22-,23-,25-,26+,27+,28-,29+,30+,32+,33-/m1/s1. The average Bonchev–Trinajstić information content (AvgIpc) is 2.95. The summed E-state index contributed by atoms with van der Waals surface area (Å²) >= 11 is 0. The van der Waals surface area contributed by atoms with E-state index in [1.54, 1.807) is 26.2 Å². The van der Waals surface area contributed by atoms with Gasteiger partial charge in [-0.25, -0.2) is 9.59 Å². The number of cyclic esters (lactones) is 1. The molecule has 1 aliphatic heterocycles. The van der Waals surface area contributed by atoms with Gasteiger partial charge in [0.2, 0.25) is 5.91 Å². The van der Waals surface area contributed by atoms with Crippen LogP contribution in [0.2, 0.25) is 0 Å². The number of hydrogen-bond donors (Lipinski definition) is 3. The lowest BCUT2D eigenvalue weighted by molar-refractivity contribution is -0.151. The Morgan fingerprint density at radius 1 is 1.05 bits per heavy atom. The van der Waals surface area contributed by atoms with Crippen molar-refractivity contribution in [1.82, 2.24) is 5.32 Å². The van der Waals surface area contributed by atoms with Gasteiger partial charge in [-0.15, -0.1) is 0 Å². The summed E-state index contributed by atoms with van der Waals surface area (Å²) in [4.78, 5) is 36.0. The maximum absolute atomic E-state index is 12.8. The van der Waals surface area contributed by atoms with E-state index < -0.39 is 36.2 Å². The van der Waals surface area contributed by atoms with Crippen molar-refractivity contribution >= 4 is 18.0 Å². The number of fused-ring (bicyclic) bond motifs is 3. The van der Waals surface area contributed by atoms with Gasteiger partial charge in [0.1, 0.15) is 12.2 Å². The van der Waals surface area contributed by atoms with Crippen molar-refractivity contribution in [1.29, 1.82) is 0 Å². The van der Waals surface area contributed by atoms with Crippen LogP contribution in [0.3, 0.4) is 0 Å². The molecule has 0 saturated heterocycles. The highest BCUT2D eigenvalue weighted by Gasteiger charge is 2.45. The molecular weight excluding hydrogens is 548 g/mol. The smallest absolute Gasteiger partial charge is 0.404 e. The summed E-state index contributed by atoms with van der Waals surface area (Å²) in [5.74, 6) is -1.06. The Labute approximate surface area is 255 Å². The van der Waals surface area contributed by atoms with Crippen LogP contribution < -0.4 is 11.1 Å². The Hall–Kier alpha value is -3.43. The largest absolute Gasteiger partial charge is 0.458 e. The molecular formula is C34H48N2O7. The molecule has 2 aliphatic carbocycles. The van der Waals surface area contributed by atoms with E-state index in [0.29, 0.717) is 6.42 Å². The number of esters is 1.